The van der Waals surface area contributed by atoms with Crippen LogP contribution in [-0.4, -0.2) is 17.6 Å². The molecule has 1 aromatic carbocycles. The lowest BCUT2D eigenvalue weighted by Gasteiger charge is -2.26. The molecule has 0 fully saturated rings. The lowest BCUT2D eigenvalue weighted by Crippen LogP contribution is -2.41. The molecular weight excluding hydrogens is 262 g/mol. The van der Waals surface area contributed by atoms with Crippen molar-refractivity contribution in [2.75, 3.05) is 6.54 Å². The quantitative estimate of drug-likeness (QED) is 0.833. The molecule has 3 nitrogen and oxygen atoms in total. The summed E-state index contributed by atoms with van der Waals surface area (Å²) in [6.07, 6.45) is 5.58. The van der Waals surface area contributed by atoms with Gasteiger partial charge in [0.25, 0.3) is 0 Å². The monoisotopic (exact) mass is 279 g/mol. The molecule has 2 rings (SSSR count). The molecule has 0 saturated heterocycles. The van der Waals surface area contributed by atoms with Gasteiger partial charge < -0.3 is 10.4 Å². The van der Waals surface area contributed by atoms with E-state index in [4.69, 9.17) is 11.6 Å². The molecule has 0 bridgehead atoms. The number of allylic oxidation sites excluding steroid dienone is 2. The van der Waals surface area contributed by atoms with Crippen molar-refractivity contribution in [3.63, 3.8) is 0 Å². The molecule has 0 spiro atoms. The number of halogens is 1. The summed E-state index contributed by atoms with van der Waals surface area (Å²) in [6, 6.07) is 7.13. The fraction of sp³-hybridized carbons (Fsp3) is 0.400. The molecule has 4 heteroatoms. The maximum Gasteiger partial charge on any atom is 0.223 e. The summed E-state index contributed by atoms with van der Waals surface area (Å²) >= 11 is 6.07. The van der Waals surface area contributed by atoms with Crippen LogP contribution in [0.1, 0.15) is 25.3 Å². The van der Waals surface area contributed by atoms with Crippen LogP contribution < -0.4 is 5.32 Å². The van der Waals surface area contributed by atoms with E-state index in [9.17, 15) is 9.90 Å². The minimum atomic E-state index is -1.17. The smallest absolute Gasteiger partial charge is 0.223 e. The number of hydrogen-bond acceptors (Lipinski definition) is 2. The van der Waals surface area contributed by atoms with E-state index in [1.54, 1.807) is 19.1 Å². The molecule has 1 aromatic rings. The summed E-state index contributed by atoms with van der Waals surface area (Å²) in [5.74, 6) is -0.0145. The van der Waals surface area contributed by atoms with Gasteiger partial charge in [0.1, 0.15) is 5.60 Å². The van der Waals surface area contributed by atoms with Crippen LogP contribution in [0, 0.1) is 5.92 Å². The van der Waals surface area contributed by atoms with Gasteiger partial charge in [0.15, 0.2) is 0 Å². The summed E-state index contributed by atoms with van der Waals surface area (Å²) < 4.78 is 0. The Labute approximate surface area is 118 Å². The average Bonchev–Trinajstić information content (AvgIpc) is 2.90. The second-order valence-electron chi connectivity index (χ2n) is 5.11. The van der Waals surface area contributed by atoms with Gasteiger partial charge in [-0.05, 0) is 25.8 Å². The molecule has 102 valence electrons. The third-order valence-corrected chi connectivity index (χ3v) is 3.77. The Balaban J connectivity index is 1.97. The molecule has 1 aliphatic carbocycles. The normalized spacial score (nSPS) is 18.3. The summed E-state index contributed by atoms with van der Waals surface area (Å²) in [4.78, 5) is 11.9. The van der Waals surface area contributed by atoms with Crippen molar-refractivity contribution in [2.24, 2.45) is 5.92 Å². The average molecular weight is 280 g/mol. The summed E-state index contributed by atoms with van der Waals surface area (Å²) in [7, 11) is 0. The summed E-state index contributed by atoms with van der Waals surface area (Å²) in [6.45, 7) is 1.81. The van der Waals surface area contributed by atoms with Gasteiger partial charge in [0.05, 0.1) is 6.54 Å². The van der Waals surface area contributed by atoms with E-state index in [1.165, 1.54) is 0 Å². The number of rotatable bonds is 4. The zero-order valence-corrected chi connectivity index (χ0v) is 11.7. The lowest BCUT2D eigenvalue weighted by molar-refractivity contribution is -0.125. The SMILES string of the molecule is C[C@@](O)(CNC(=O)C1CC=CC1)c1ccccc1Cl. The molecule has 0 aromatic heterocycles. The van der Waals surface area contributed by atoms with Gasteiger partial charge in [0, 0.05) is 16.5 Å². The predicted molar refractivity (Wildman–Crippen MR) is 75.9 cm³/mol. The summed E-state index contributed by atoms with van der Waals surface area (Å²) in [5.41, 5.74) is -0.540. The first-order valence-corrected chi connectivity index (χ1v) is 6.78. The third-order valence-electron chi connectivity index (χ3n) is 3.44. The van der Waals surface area contributed by atoms with Crippen molar-refractivity contribution in [3.8, 4) is 0 Å². The Morgan fingerprint density at radius 2 is 2.05 bits per heavy atom. The molecule has 1 aliphatic rings. The van der Waals surface area contributed by atoms with Crippen molar-refractivity contribution in [3.05, 3.63) is 47.0 Å². The first-order chi connectivity index (χ1) is 9.00. The molecule has 2 N–H and O–H groups in total. The van der Waals surface area contributed by atoms with E-state index in [1.807, 2.05) is 24.3 Å². The molecular formula is C15H18ClNO2. The van der Waals surface area contributed by atoms with Gasteiger partial charge in [-0.2, -0.15) is 0 Å². The Hall–Kier alpha value is -1.32. The van der Waals surface area contributed by atoms with E-state index >= 15 is 0 Å². The van der Waals surface area contributed by atoms with Gasteiger partial charge in [-0.15, -0.1) is 0 Å². The zero-order chi connectivity index (χ0) is 13.9. The molecule has 0 saturated carbocycles. The second-order valence-corrected chi connectivity index (χ2v) is 5.52. The maximum atomic E-state index is 11.9. The molecule has 1 atom stereocenters. The predicted octanol–water partition coefficient (Wildman–Crippen LogP) is 2.63. The van der Waals surface area contributed by atoms with Gasteiger partial charge in [0.2, 0.25) is 5.91 Å². The number of amides is 1. The lowest BCUT2D eigenvalue weighted by atomic mass is 9.95. The molecule has 0 radical (unpaired) electrons. The fourth-order valence-electron chi connectivity index (χ4n) is 2.23. The van der Waals surface area contributed by atoms with Crippen LogP contribution in [0.25, 0.3) is 0 Å². The van der Waals surface area contributed by atoms with E-state index in [0.717, 1.165) is 12.8 Å². The van der Waals surface area contributed by atoms with Crippen LogP contribution >= 0.6 is 11.6 Å². The van der Waals surface area contributed by atoms with Crippen molar-refractivity contribution in [1.82, 2.24) is 5.32 Å². The molecule has 0 heterocycles. The van der Waals surface area contributed by atoms with Crippen LogP contribution in [0.15, 0.2) is 36.4 Å². The highest BCUT2D eigenvalue weighted by atomic mass is 35.5. The van der Waals surface area contributed by atoms with Crippen molar-refractivity contribution in [2.45, 2.75) is 25.4 Å². The Kier molecular flexibility index (Phi) is 4.27. The van der Waals surface area contributed by atoms with Crippen molar-refractivity contribution in [1.29, 1.82) is 0 Å². The fourth-order valence-corrected chi connectivity index (χ4v) is 2.57. The minimum Gasteiger partial charge on any atom is -0.384 e. The Morgan fingerprint density at radius 3 is 2.68 bits per heavy atom. The van der Waals surface area contributed by atoms with Gasteiger partial charge >= 0.3 is 0 Å². The topological polar surface area (TPSA) is 49.3 Å². The Morgan fingerprint density at radius 1 is 1.42 bits per heavy atom. The largest absolute Gasteiger partial charge is 0.384 e. The van der Waals surface area contributed by atoms with E-state index in [2.05, 4.69) is 5.32 Å². The zero-order valence-electron chi connectivity index (χ0n) is 10.9. The number of carbonyl (C=O) groups is 1. The molecule has 19 heavy (non-hydrogen) atoms. The third kappa shape index (κ3) is 3.37. The van der Waals surface area contributed by atoms with E-state index < -0.39 is 5.60 Å². The van der Waals surface area contributed by atoms with E-state index in [-0.39, 0.29) is 18.4 Å². The maximum absolute atomic E-state index is 11.9. The van der Waals surface area contributed by atoms with Gasteiger partial charge in [-0.1, -0.05) is 42.0 Å². The molecule has 0 unspecified atom stereocenters. The standard InChI is InChI=1S/C15H18ClNO2/c1-15(19,12-8-4-5-9-13(12)16)10-17-14(18)11-6-2-3-7-11/h2-5,8-9,11,19H,6-7,10H2,1H3,(H,17,18)/t15-/m1/s1. The summed E-state index contributed by atoms with van der Waals surface area (Å²) in [5, 5.41) is 13.8. The highest BCUT2D eigenvalue weighted by Crippen LogP contribution is 2.27. The number of carbonyl (C=O) groups excluding carboxylic acids is 1. The second kappa shape index (κ2) is 5.76. The van der Waals surface area contributed by atoms with E-state index in [0.29, 0.717) is 10.6 Å². The highest BCUT2D eigenvalue weighted by molar-refractivity contribution is 6.31. The van der Waals surface area contributed by atoms with Gasteiger partial charge in [-0.3, -0.25) is 4.79 Å². The highest BCUT2D eigenvalue weighted by Gasteiger charge is 2.27. The molecule has 0 aliphatic heterocycles. The first-order valence-electron chi connectivity index (χ1n) is 6.41. The number of aliphatic hydroxyl groups is 1. The first kappa shape index (κ1) is 14.1. The van der Waals surface area contributed by atoms with Crippen LogP contribution in [-0.2, 0) is 10.4 Å². The Bertz CT molecular complexity index is 489. The minimum absolute atomic E-state index is 0.00189. The number of nitrogens with one attached hydrogen (secondary N) is 1. The van der Waals surface area contributed by atoms with Gasteiger partial charge in [-0.25, -0.2) is 0 Å². The van der Waals surface area contributed by atoms with Crippen molar-refractivity contribution >= 4 is 17.5 Å². The van der Waals surface area contributed by atoms with Crippen LogP contribution in [0.4, 0.5) is 0 Å². The number of hydrogen-bond donors (Lipinski definition) is 2. The van der Waals surface area contributed by atoms with Crippen LogP contribution in [0.2, 0.25) is 5.02 Å². The van der Waals surface area contributed by atoms with Crippen LogP contribution in [0.3, 0.4) is 0 Å². The van der Waals surface area contributed by atoms with Crippen molar-refractivity contribution < 1.29 is 9.90 Å². The van der Waals surface area contributed by atoms with Crippen LogP contribution in [0.5, 0.6) is 0 Å². The molecule has 1 amide bonds. The number of benzene rings is 1.